The highest BCUT2D eigenvalue weighted by Crippen LogP contribution is 2.38. The molecule has 0 heterocycles. The van der Waals surface area contributed by atoms with Crippen molar-refractivity contribution in [1.29, 1.82) is 0 Å². The van der Waals surface area contributed by atoms with Crippen LogP contribution in [-0.2, 0) is 18.4 Å². The van der Waals surface area contributed by atoms with Gasteiger partial charge in [0.2, 0.25) is 5.91 Å². The van der Waals surface area contributed by atoms with E-state index in [1.165, 1.54) is 89.9 Å². The lowest BCUT2D eigenvalue weighted by molar-refractivity contribution is -0.870. The summed E-state index contributed by atoms with van der Waals surface area (Å²) in [5, 5.41) is 13.6. The molecule has 48 heavy (non-hydrogen) atoms. The zero-order valence-corrected chi connectivity index (χ0v) is 32.6. The number of amides is 1. The van der Waals surface area contributed by atoms with Crippen molar-refractivity contribution in [1.82, 2.24) is 5.32 Å². The fourth-order valence-corrected chi connectivity index (χ4v) is 5.90. The average Bonchev–Trinajstić information content (AvgIpc) is 3.02. The molecule has 0 fully saturated rings. The molecular weight excluding hydrogens is 623 g/mol. The second-order valence-electron chi connectivity index (χ2n) is 14.3. The van der Waals surface area contributed by atoms with E-state index in [9.17, 15) is 19.4 Å². The van der Waals surface area contributed by atoms with Crippen LogP contribution in [0.15, 0.2) is 36.5 Å². The van der Waals surface area contributed by atoms with Gasteiger partial charge in [-0.25, -0.2) is 0 Å². The fraction of sp³-hybridized carbons (Fsp3) is 0.821. The van der Waals surface area contributed by atoms with Crippen LogP contribution in [0.25, 0.3) is 0 Å². The van der Waals surface area contributed by atoms with Gasteiger partial charge in [0.1, 0.15) is 13.2 Å². The highest BCUT2D eigenvalue weighted by atomic mass is 31.2. The molecule has 3 unspecified atom stereocenters. The van der Waals surface area contributed by atoms with Crippen LogP contribution in [0.3, 0.4) is 0 Å². The number of likely N-dealkylation sites (N-methyl/N-ethyl adjacent to an activating group) is 1. The summed E-state index contributed by atoms with van der Waals surface area (Å²) in [6, 6.07) is -0.902. The van der Waals surface area contributed by atoms with Crippen molar-refractivity contribution in [2.45, 2.75) is 167 Å². The minimum absolute atomic E-state index is 0.00875. The lowest BCUT2D eigenvalue weighted by atomic mass is 10.1. The number of aliphatic hydroxyl groups is 1. The Hall–Kier alpha value is -1.28. The number of allylic oxidation sites excluding steroid dienone is 5. The molecule has 0 aromatic heterocycles. The number of nitrogens with one attached hydrogen (secondary N) is 1. The van der Waals surface area contributed by atoms with Crippen LogP contribution in [0.2, 0.25) is 0 Å². The van der Waals surface area contributed by atoms with Crippen LogP contribution in [0.1, 0.15) is 155 Å². The van der Waals surface area contributed by atoms with E-state index in [0.29, 0.717) is 17.4 Å². The summed E-state index contributed by atoms with van der Waals surface area (Å²) in [5.41, 5.74) is 0. The van der Waals surface area contributed by atoms with Crippen molar-refractivity contribution in [3.05, 3.63) is 36.5 Å². The van der Waals surface area contributed by atoms with E-state index >= 15 is 0 Å². The molecule has 3 atom stereocenters. The largest absolute Gasteiger partial charge is 0.756 e. The molecule has 282 valence electrons. The second kappa shape index (κ2) is 31.7. The van der Waals surface area contributed by atoms with Crippen LogP contribution in [0, 0.1) is 0 Å². The lowest BCUT2D eigenvalue weighted by Crippen LogP contribution is -2.45. The van der Waals surface area contributed by atoms with Crippen LogP contribution in [-0.4, -0.2) is 68.5 Å². The molecule has 0 spiro atoms. The number of unbranched alkanes of at least 4 members (excludes halogenated alkanes) is 17. The van der Waals surface area contributed by atoms with E-state index in [-0.39, 0.29) is 12.5 Å². The van der Waals surface area contributed by atoms with Crippen molar-refractivity contribution in [2.24, 2.45) is 0 Å². The highest BCUT2D eigenvalue weighted by Gasteiger charge is 2.23. The maximum absolute atomic E-state index is 12.7. The summed E-state index contributed by atoms with van der Waals surface area (Å²) in [6.45, 7) is 4.54. The quantitative estimate of drug-likeness (QED) is 0.0300. The summed E-state index contributed by atoms with van der Waals surface area (Å²) in [4.78, 5) is 25.0. The van der Waals surface area contributed by atoms with Gasteiger partial charge in [0.25, 0.3) is 7.82 Å². The first-order valence-electron chi connectivity index (χ1n) is 19.4. The number of phosphoric acid groups is 1. The van der Waals surface area contributed by atoms with Gasteiger partial charge >= 0.3 is 0 Å². The van der Waals surface area contributed by atoms with E-state index in [1.54, 1.807) is 6.08 Å². The predicted molar refractivity (Wildman–Crippen MR) is 201 cm³/mol. The summed E-state index contributed by atoms with van der Waals surface area (Å²) in [6.07, 6.45) is 36.4. The lowest BCUT2D eigenvalue weighted by Gasteiger charge is -2.29. The standard InChI is InChI=1S/C39H75N2O6P/c1-6-8-10-12-14-15-16-17-18-19-20-21-22-23-24-25-27-28-30-32-38(42)37(36-47-48(44,45)46-35-34-41(3,4)5)40-39(43)33-31-29-26-13-11-9-7-2/h20-21,24-25,30,32,37-38,42H,6-19,22-23,26-29,31,33-36H2,1-5H3,(H-,40,43,44,45)/b21-20+,25-24+,32-30+. The van der Waals surface area contributed by atoms with E-state index in [2.05, 4.69) is 43.5 Å². The molecule has 0 radical (unpaired) electrons. The predicted octanol–water partition coefficient (Wildman–Crippen LogP) is 9.33. The average molecular weight is 699 g/mol. The van der Waals surface area contributed by atoms with Crippen molar-refractivity contribution < 1.29 is 32.9 Å². The molecule has 0 aromatic carbocycles. The van der Waals surface area contributed by atoms with Crippen LogP contribution in [0.4, 0.5) is 0 Å². The number of carbonyl (C=O) groups excluding carboxylic acids is 1. The van der Waals surface area contributed by atoms with Crippen molar-refractivity contribution in [3.8, 4) is 0 Å². The Bertz CT molecular complexity index is 886. The number of nitrogens with zero attached hydrogens (tertiary/aromatic N) is 1. The summed E-state index contributed by atoms with van der Waals surface area (Å²) in [7, 11) is 1.23. The van der Waals surface area contributed by atoms with Gasteiger partial charge in [0.15, 0.2) is 0 Å². The SMILES string of the molecule is CCCCCCCCCCC/C=C/CC/C=C/CC/C=C/C(O)C(COP(=O)([O-])OCC[N+](C)(C)C)NC(=O)CCCCCCCCC. The van der Waals surface area contributed by atoms with E-state index in [4.69, 9.17) is 9.05 Å². The molecule has 0 saturated heterocycles. The van der Waals surface area contributed by atoms with Crippen molar-refractivity contribution >= 4 is 13.7 Å². The third-order valence-corrected chi connectivity index (χ3v) is 9.29. The minimum Gasteiger partial charge on any atom is -0.756 e. The number of phosphoric ester groups is 1. The summed E-state index contributed by atoms with van der Waals surface area (Å²) < 4.78 is 23.0. The normalized spacial score (nSPS) is 15.1. The molecular formula is C39H75N2O6P. The number of carbonyl (C=O) groups is 1. The van der Waals surface area contributed by atoms with Gasteiger partial charge in [0, 0.05) is 6.42 Å². The summed E-state index contributed by atoms with van der Waals surface area (Å²) in [5.74, 6) is -0.221. The topological polar surface area (TPSA) is 108 Å². The molecule has 0 aliphatic carbocycles. The van der Waals surface area contributed by atoms with Crippen LogP contribution in [0.5, 0.6) is 0 Å². The molecule has 8 nitrogen and oxygen atoms in total. The van der Waals surface area contributed by atoms with Gasteiger partial charge in [0.05, 0.1) is 39.9 Å². The molecule has 0 rings (SSSR count). The van der Waals surface area contributed by atoms with Crippen LogP contribution >= 0.6 is 7.82 Å². The Morgan fingerprint density at radius 2 is 1.17 bits per heavy atom. The third kappa shape index (κ3) is 33.2. The van der Waals surface area contributed by atoms with Gasteiger partial charge < -0.3 is 28.8 Å². The van der Waals surface area contributed by atoms with E-state index < -0.39 is 26.6 Å². The monoisotopic (exact) mass is 699 g/mol. The smallest absolute Gasteiger partial charge is 0.268 e. The minimum atomic E-state index is -4.58. The van der Waals surface area contributed by atoms with Gasteiger partial charge in [-0.15, -0.1) is 0 Å². The zero-order valence-electron chi connectivity index (χ0n) is 31.7. The third-order valence-electron chi connectivity index (χ3n) is 8.33. The first-order valence-corrected chi connectivity index (χ1v) is 20.8. The van der Waals surface area contributed by atoms with Crippen molar-refractivity contribution in [3.63, 3.8) is 0 Å². The van der Waals surface area contributed by atoms with E-state index in [1.807, 2.05) is 27.2 Å². The van der Waals surface area contributed by atoms with Crippen molar-refractivity contribution in [2.75, 3.05) is 40.9 Å². The molecule has 1 amide bonds. The first kappa shape index (κ1) is 46.7. The van der Waals surface area contributed by atoms with Gasteiger partial charge in [-0.3, -0.25) is 9.36 Å². The number of aliphatic hydroxyl groups excluding tert-OH is 1. The van der Waals surface area contributed by atoms with E-state index in [0.717, 1.165) is 44.9 Å². The fourth-order valence-electron chi connectivity index (χ4n) is 5.18. The molecule has 0 saturated carbocycles. The Kier molecular flexibility index (Phi) is 30.8. The highest BCUT2D eigenvalue weighted by molar-refractivity contribution is 7.45. The molecule has 9 heteroatoms. The molecule has 0 bridgehead atoms. The zero-order chi connectivity index (χ0) is 35.8. The molecule has 2 N–H and O–H groups in total. The maximum atomic E-state index is 12.7. The maximum Gasteiger partial charge on any atom is 0.268 e. The Labute approximate surface area is 296 Å². The number of rotatable bonds is 34. The Morgan fingerprint density at radius 1 is 0.708 bits per heavy atom. The first-order chi connectivity index (χ1) is 23.0. The number of hydrogen-bond donors (Lipinski definition) is 2. The van der Waals surface area contributed by atoms with Gasteiger partial charge in [-0.05, 0) is 44.9 Å². The molecule has 0 aliphatic heterocycles. The second-order valence-corrected chi connectivity index (χ2v) is 15.7. The number of hydrogen-bond acceptors (Lipinski definition) is 6. The summed E-state index contributed by atoms with van der Waals surface area (Å²) >= 11 is 0. The molecule has 0 aliphatic rings. The Morgan fingerprint density at radius 3 is 1.69 bits per heavy atom. The van der Waals surface area contributed by atoms with Crippen LogP contribution < -0.4 is 10.2 Å². The van der Waals surface area contributed by atoms with Gasteiger partial charge in [-0.2, -0.15) is 0 Å². The molecule has 0 aromatic rings. The number of quaternary nitrogens is 1. The Balaban J connectivity index is 4.50. The van der Waals surface area contributed by atoms with Gasteiger partial charge in [-0.1, -0.05) is 140 Å².